The van der Waals surface area contributed by atoms with Crippen LogP contribution in [0.5, 0.6) is 0 Å². The molecule has 2 amide bonds. The summed E-state index contributed by atoms with van der Waals surface area (Å²) in [5, 5.41) is 12.1. The highest BCUT2D eigenvalue weighted by atomic mass is 16.4. The van der Waals surface area contributed by atoms with Crippen molar-refractivity contribution < 1.29 is 14.7 Å². The second-order valence-corrected chi connectivity index (χ2v) is 6.06. The van der Waals surface area contributed by atoms with Gasteiger partial charge in [-0.05, 0) is 50.7 Å². The fraction of sp³-hybridized carbons (Fsp3) is 0.500. The molecule has 5 heteroatoms. The summed E-state index contributed by atoms with van der Waals surface area (Å²) in [7, 11) is 0. The van der Waals surface area contributed by atoms with Crippen molar-refractivity contribution in [2.45, 2.75) is 44.6 Å². The van der Waals surface area contributed by atoms with Gasteiger partial charge in [0, 0.05) is 12.2 Å². The van der Waals surface area contributed by atoms with Gasteiger partial charge >= 0.3 is 12.0 Å². The van der Waals surface area contributed by atoms with Crippen LogP contribution in [0.25, 0.3) is 0 Å². The molecule has 0 spiro atoms. The van der Waals surface area contributed by atoms with Crippen LogP contribution in [0.15, 0.2) is 18.2 Å². The van der Waals surface area contributed by atoms with E-state index in [-0.39, 0.29) is 6.03 Å². The Labute approximate surface area is 123 Å². The number of carboxylic acids is 1. The van der Waals surface area contributed by atoms with Gasteiger partial charge in [-0.25, -0.2) is 9.59 Å². The van der Waals surface area contributed by atoms with Gasteiger partial charge in [-0.3, -0.25) is 4.90 Å². The minimum Gasteiger partial charge on any atom is -0.480 e. The standard InChI is InChI=1S/C16H20N2O3/c1-11-5-6-13-12(10-11)4-2-9-18(13)15(21)17-16(14(19)20)7-3-8-16/h5-6,10H,2-4,7-9H2,1H3,(H,17,21)(H,19,20). The fourth-order valence-electron chi connectivity index (χ4n) is 3.13. The predicted molar refractivity (Wildman–Crippen MR) is 79.6 cm³/mol. The third-order valence-corrected chi connectivity index (χ3v) is 4.56. The minimum atomic E-state index is -1.06. The molecule has 1 aromatic carbocycles. The molecule has 5 nitrogen and oxygen atoms in total. The van der Waals surface area contributed by atoms with E-state index in [9.17, 15) is 14.7 Å². The zero-order chi connectivity index (χ0) is 15.0. The SMILES string of the molecule is Cc1ccc2c(c1)CCCN2C(=O)NC1(C(=O)O)CCC1. The van der Waals surface area contributed by atoms with Crippen LogP contribution in [-0.4, -0.2) is 29.2 Å². The first-order chi connectivity index (χ1) is 10.0. The van der Waals surface area contributed by atoms with Crippen molar-refractivity contribution in [1.29, 1.82) is 0 Å². The molecule has 0 bridgehead atoms. The summed E-state index contributed by atoms with van der Waals surface area (Å²) in [4.78, 5) is 25.6. The van der Waals surface area contributed by atoms with Crippen LogP contribution in [0.4, 0.5) is 10.5 Å². The molecule has 21 heavy (non-hydrogen) atoms. The molecule has 0 unspecified atom stereocenters. The molecule has 1 aliphatic carbocycles. The molecule has 1 aliphatic heterocycles. The largest absolute Gasteiger partial charge is 0.480 e. The maximum atomic E-state index is 12.5. The van der Waals surface area contributed by atoms with Crippen molar-refractivity contribution in [3.05, 3.63) is 29.3 Å². The number of hydrogen-bond donors (Lipinski definition) is 2. The number of benzene rings is 1. The summed E-state index contributed by atoms with van der Waals surface area (Å²) in [5.74, 6) is -0.928. The Morgan fingerprint density at radius 1 is 1.29 bits per heavy atom. The number of anilines is 1. The van der Waals surface area contributed by atoms with Crippen molar-refractivity contribution >= 4 is 17.7 Å². The number of rotatable bonds is 2. The number of carbonyl (C=O) groups excluding carboxylic acids is 1. The highest BCUT2D eigenvalue weighted by Crippen LogP contribution is 2.33. The van der Waals surface area contributed by atoms with Gasteiger partial charge in [0.25, 0.3) is 0 Å². The Morgan fingerprint density at radius 3 is 2.67 bits per heavy atom. The molecule has 1 heterocycles. The normalized spacial score (nSPS) is 19.4. The van der Waals surface area contributed by atoms with Crippen LogP contribution in [0.2, 0.25) is 0 Å². The first-order valence-electron chi connectivity index (χ1n) is 7.44. The molecule has 0 saturated heterocycles. The van der Waals surface area contributed by atoms with Gasteiger partial charge in [0.15, 0.2) is 0 Å². The van der Waals surface area contributed by atoms with E-state index in [1.165, 1.54) is 5.56 Å². The number of aryl methyl sites for hydroxylation is 2. The lowest BCUT2D eigenvalue weighted by atomic mass is 9.77. The van der Waals surface area contributed by atoms with Crippen LogP contribution in [0, 0.1) is 6.92 Å². The lowest BCUT2D eigenvalue weighted by molar-refractivity contribution is -0.148. The molecule has 0 radical (unpaired) electrons. The van der Waals surface area contributed by atoms with Gasteiger partial charge < -0.3 is 10.4 Å². The van der Waals surface area contributed by atoms with E-state index in [2.05, 4.69) is 11.4 Å². The summed E-state index contributed by atoms with van der Waals surface area (Å²) >= 11 is 0. The number of carbonyl (C=O) groups is 2. The van der Waals surface area contributed by atoms with Crippen LogP contribution in [-0.2, 0) is 11.2 Å². The van der Waals surface area contributed by atoms with Gasteiger partial charge in [0.05, 0.1) is 0 Å². The van der Waals surface area contributed by atoms with E-state index in [0.717, 1.165) is 30.5 Å². The molecular formula is C16H20N2O3. The van der Waals surface area contributed by atoms with E-state index < -0.39 is 11.5 Å². The van der Waals surface area contributed by atoms with Crippen LogP contribution in [0.1, 0.15) is 36.8 Å². The Bertz CT molecular complexity index is 593. The zero-order valence-electron chi connectivity index (χ0n) is 12.2. The number of urea groups is 1. The fourth-order valence-corrected chi connectivity index (χ4v) is 3.13. The van der Waals surface area contributed by atoms with E-state index in [1.54, 1.807) is 4.90 Å². The summed E-state index contributed by atoms with van der Waals surface area (Å²) in [6, 6.07) is 5.76. The lowest BCUT2D eigenvalue weighted by Crippen LogP contribution is -2.62. The molecule has 1 aromatic rings. The van der Waals surface area contributed by atoms with Crippen LogP contribution < -0.4 is 10.2 Å². The molecule has 1 fully saturated rings. The molecule has 2 N–H and O–H groups in total. The van der Waals surface area contributed by atoms with Gasteiger partial charge in [-0.15, -0.1) is 0 Å². The van der Waals surface area contributed by atoms with Crippen molar-refractivity contribution in [3.63, 3.8) is 0 Å². The molecular weight excluding hydrogens is 268 g/mol. The summed E-state index contributed by atoms with van der Waals surface area (Å²) < 4.78 is 0. The quantitative estimate of drug-likeness (QED) is 0.878. The monoisotopic (exact) mass is 288 g/mol. The Balaban J connectivity index is 1.82. The Hall–Kier alpha value is -2.04. The van der Waals surface area contributed by atoms with E-state index >= 15 is 0 Å². The topological polar surface area (TPSA) is 69.6 Å². The first kappa shape index (κ1) is 13.9. The summed E-state index contributed by atoms with van der Waals surface area (Å²) in [6.07, 6.45) is 3.75. The second kappa shape index (κ2) is 5.06. The average Bonchev–Trinajstić information content (AvgIpc) is 2.41. The maximum Gasteiger partial charge on any atom is 0.329 e. The average molecular weight is 288 g/mol. The highest BCUT2D eigenvalue weighted by Gasteiger charge is 2.46. The number of hydrogen-bond acceptors (Lipinski definition) is 2. The summed E-state index contributed by atoms with van der Waals surface area (Å²) in [5.41, 5.74) is 2.19. The van der Waals surface area contributed by atoms with Gasteiger partial charge in [-0.1, -0.05) is 17.7 Å². The molecule has 3 rings (SSSR count). The maximum absolute atomic E-state index is 12.5. The van der Waals surface area contributed by atoms with Gasteiger partial charge in [0.1, 0.15) is 5.54 Å². The van der Waals surface area contributed by atoms with E-state index in [1.807, 2.05) is 19.1 Å². The first-order valence-corrected chi connectivity index (χ1v) is 7.44. The number of nitrogens with one attached hydrogen (secondary N) is 1. The van der Waals surface area contributed by atoms with Crippen LogP contribution in [0.3, 0.4) is 0 Å². The zero-order valence-corrected chi connectivity index (χ0v) is 12.2. The highest BCUT2D eigenvalue weighted by molar-refractivity contribution is 5.97. The number of nitrogens with zero attached hydrogens (tertiary/aromatic N) is 1. The number of aliphatic carboxylic acids is 1. The Kier molecular flexibility index (Phi) is 3.35. The van der Waals surface area contributed by atoms with Crippen molar-refractivity contribution in [1.82, 2.24) is 5.32 Å². The second-order valence-electron chi connectivity index (χ2n) is 6.06. The van der Waals surface area contributed by atoms with Crippen LogP contribution >= 0.6 is 0 Å². The Morgan fingerprint density at radius 2 is 2.05 bits per heavy atom. The number of amides is 2. The molecule has 1 saturated carbocycles. The minimum absolute atomic E-state index is 0.290. The smallest absolute Gasteiger partial charge is 0.329 e. The number of carboxylic acid groups (broad SMARTS) is 1. The van der Waals surface area contributed by atoms with E-state index in [0.29, 0.717) is 19.4 Å². The van der Waals surface area contributed by atoms with Crippen molar-refractivity contribution in [2.24, 2.45) is 0 Å². The molecule has 0 atom stereocenters. The molecule has 0 aromatic heterocycles. The third-order valence-electron chi connectivity index (χ3n) is 4.56. The predicted octanol–water partition coefficient (Wildman–Crippen LogP) is 2.46. The van der Waals surface area contributed by atoms with Gasteiger partial charge in [0.2, 0.25) is 0 Å². The van der Waals surface area contributed by atoms with Gasteiger partial charge in [-0.2, -0.15) is 0 Å². The van der Waals surface area contributed by atoms with Crippen molar-refractivity contribution in [3.8, 4) is 0 Å². The lowest BCUT2D eigenvalue weighted by Gasteiger charge is -2.40. The number of fused-ring (bicyclic) bond motifs is 1. The molecule has 112 valence electrons. The third kappa shape index (κ3) is 2.37. The van der Waals surface area contributed by atoms with Crippen molar-refractivity contribution in [2.75, 3.05) is 11.4 Å². The molecule has 2 aliphatic rings. The summed E-state index contributed by atoms with van der Waals surface area (Å²) in [6.45, 7) is 2.67. The van der Waals surface area contributed by atoms with E-state index in [4.69, 9.17) is 0 Å².